The van der Waals surface area contributed by atoms with Gasteiger partial charge in [0.05, 0.1) is 12.1 Å². The van der Waals surface area contributed by atoms with Crippen molar-refractivity contribution in [3.05, 3.63) is 106 Å². The molecule has 1 aliphatic carbocycles. The van der Waals surface area contributed by atoms with E-state index in [0.717, 1.165) is 24.5 Å². The van der Waals surface area contributed by atoms with Crippen molar-refractivity contribution >= 4 is 34.6 Å². The number of hydrogen-bond acceptors (Lipinski definition) is 3. The fraction of sp³-hybridized carbons (Fsp3) is 0.214. The van der Waals surface area contributed by atoms with Crippen LogP contribution in [0.4, 0.5) is 10.1 Å². The molecule has 0 radical (unpaired) electrons. The number of carbonyl (C=O) groups excluding carboxylic acids is 2. The lowest BCUT2D eigenvalue weighted by molar-refractivity contribution is -0.135. The number of nitrogens with zero attached hydrogens (tertiary/aromatic N) is 1. The van der Waals surface area contributed by atoms with Crippen molar-refractivity contribution in [1.29, 1.82) is 0 Å². The Kier molecular flexibility index (Phi) is 5.84. The Hall–Kier alpha value is -3.28. The Labute approximate surface area is 202 Å². The molecular weight excluding hydrogens is 453 g/mol. The minimum atomic E-state index is -1.98. The number of aliphatic hydroxyl groups is 1. The first-order valence-corrected chi connectivity index (χ1v) is 11.6. The Balaban J connectivity index is 1.33. The van der Waals surface area contributed by atoms with E-state index < -0.39 is 29.5 Å². The van der Waals surface area contributed by atoms with Gasteiger partial charge in [-0.05, 0) is 66.3 Å². The lowest BCUT2D eigenvalue weighted by atomic mass is 9.88. The third kappa shape index (κ3) is 3.95. The molecule has 1 aliphatic heterocycles. The zero-order chi connectivity index (χ0) is 23.9. The fourth-order valence-electron chi connectivity index (χ4n) is 4.93. The second-order valence-electron chi connectivity index (χ2n) is 8.78. The standard InChI is InChI=1S/C28H23ClFNO3/c29-21-13-12-19-11-10-18(23(19)16-21)6-4-14-31-25-9-2-1-8-24(25)28(34,27(31)33)17-26(32)20-5-3-7-22(30)15-20/h1-3,5,7-10,12-13,15-16,34H,4,6,11,14,17H2/t28-/m1/s1. The fourth-order valence-corrected chi connectivity index (χ4v) is 5.10. The predicted molar refractivity (Wildman–Crippen MR) is 130 cm³/mol. The number of para-hydroxylation sites is 1. The summed E-state index contributed by atoms with van der Waals surface area (Å²) in [5.41, 5.74) is 2.75. The van der Waals surface area contributed by atoms with Gasteiger partial charge in [0.25, 0.3) is 5.91 Å². The average Bonchev–Trinajstić information content (AvgIpc) is 3.31. The number of halogens is 2. The predicted octanol–water partition coefficient (Wildman–Crippen LogP) is 5.71. The highest BCUT2D eigenvalue weighted by Crippen LogP contribution is 2.43. The van der Waals surface area contributed by atoms with Gasteiger partial charge in [-0.1, -0.05) is 54.1 Å². The van der Waals surface area contributed by atoms with Crippen molar-refractivity contribution < 1.29 is 19.1 Å². The van der Waals surface area contributed by atoms with E-state index in [1.165, 1.54) is 29.3 Å². The molecule has 0 saturated carbocycles. The van der Waals surface area contributed by atoms with Crippen LogP contribution in [0.3, 0.4) is 0 Å². The van der Waals surface area contributed by atoms with Gasteiger partial charge in [-0.25, -0.2) is 4.39 Å². The molecule has 1 N–H and O–H groups in total. The number of carbonyl (C=O) groups is 2. The van der Waals surface area contributed by atoms with E-state index >= 15 is 0 Å². The average molecular weight is 476 g/mol. The van der Waals surface area contributed by atoms with Gasteiger partial charge in [0.1, 0.15) is 5.82 Å². The highest BCUT2D eigenvalue weighted by atomic mass is 35.5. The van der Waals surface area contributed by atoms with Crippen molar-refractivity contribution in [2.75, 3.05) is 11.4 Å². The number of allylic oxidation sites excluding steroid dienone is 2. The topological polar surface area (TPSA) is 57.6 Å². The van der Waals surface area contributed by atoms with Gasteiger partial charge < -0.3 is 10.0 Å². The van der Waals surface area contributed by atoms with Crippen LogP contribution in [0.1, 0.15) is 46.3 Å². The van der Waals surface area contributed by atoms with E-state index in [9.17, 15) is 19.1 Å². The van der Waals surface area contributed by atoms with E-state index in [2.05, 4.69) is 6.08 Å². The molecule has 0 spiro atoms. The number of fused-ring (bicyclic) bond motifs is 2. The summed E-state index contributed by atoms with van der Waals surface area (Å²) in [6, 6.07) is 18.2. The zero-order valence-electron chi connectivity index (χ0n) is 18.4. The van der Waals surface area contributed by atoms with Crippen molar-refractivity contribution in [2.24, 2.45) is 0 Å². The van der Waals surface area contributed by atoms with Gasteiger partial charge in [-0.15, -0.1) is 0 Å². The van der Waals surface area contributed by atoms with Gasteiger partial charge in [0.2, 0.25) is 0 Å². The lowest BCUT2D eigenvalue weighted by Gasteiger charge is -2.23. The van der Waals surface area contributed by atoms with E-state index in [4.69, 9.17) is 11.6 Å². The molecule has 6 heteroatoms. The monoisotopic (exact) mass is 475 g/mol. The summed E-state index contributed by atoms with van der Waals surface area (Å²) in [6.07, 6.45) is 4.07. The number of ketones is 1. The molecule has 1 amide bonds. The molecule has 0 fully saturated rings. The molecule has 1 heterocycles. The summed E-state index contributed by atoms with van der Waals surface area (Å²) in [7, 11) is 0. The molecule has 3 aromatic carbocycles. The summed E-state index contributed by atoms with van der Waals surface area (Å²) in [6.45, 7) is 0.402. The Morgan fingerprint density at radius 1 is 1.09 bits per heavy atom. The SMILES string of the molecule is O=C(C[C@]1(O)C(=O)N(CCCC2=CCc3ccc(Cl)cc32)c2ccccc21)c1cccc(F)c1. The van der Waals surface area contributed by atoms with E-state index in [1.54, 1.807) is 29.2 Å². The second-order valence-corrected chi connectivity index (χ2v) is 9.22. The van der Waals surface area contributed by atoms with Gasteiger partial charge in [0, 0.05) is 22.7 Å². The lowest BCUT2D eigenvalue weighted by Crippen LogP contribution is -2.42. The number of Topliss-reactive ketones (excluding diaryl/α,β-unsaturated/α-hetero) is 1. The van der Waals surface area contributed by atoms with Crippen LogP contribution in [-0.2, 0) is 16.8 Å². The molecule has 1 atom stereocenters. The van der Waals surface area contributed by atoms with Crippen LogP contribution >= 0.6 is 11.6 Å². The van der Waals surface area contributed by atoms with Crippen LogP contribution in [0.2, 0.25) is 5.02 Å². The van der Waals surface area contributed by atoms with Crippen molar-refractivity contribution in [3.8, 4) is 0 Å². The molecule has 0 saturated heterocycles. The molecule has 34 heavy (non-hydrogen) atoms. The van der Waals surface area contributed by atoms with Crippen LogP contribution in [0.25, 0.3) is 5.57 Å². The summed E-state index contributed by atoms with van der Waals surface area (Å²) in [5.74, 6) is -1.56. The van der Waals surface area contributed by atoms with Crippen LogP contribution in [0, 0.1) is 5.82 Å². The highest BCUT2D eigenvalue weighted by molar-refractivity contribution is 6.30. The normalized spacial score (nSPS) is 18.6. The van der Waals surface area contributed by atoms with Crippen molar-refractivity contribution in [3.63, 3.8) is 0 Å². The van der Waals surface area contributed by atoms with Crippen LogP contribution < -0.4 is 4.90 Å². The number of rotatable bonds is 7. The minimum absolute atomic E-state index is 0.127. The number of amides is 1. The van der Waals surface area contributed by atoms with E-state index in [1.807, 2.05) is 18.2 Å². The second kappa shape index (κ2) is 8.82. The summed E-state index contributed by atoms with van der Waals surface area (Å²) < 4.78 is 13.6. The quantitative estimate of drug-likeness (QED) is 0.445. The first kappa shape index (κ1) is 22.5. The number of hydrogen-bond donors (Lipinski definition) is 1. The summed E-state index contributed by atoms with van der Waals surface area (Å²) >= 11 is 6.17. The highest BCUT2D eigenvalue weighted by Gasteiger charge is 2.50. The van der Waals surface area contributed by atoms with Gasteiger partial charge in [-0.3, -0.25) is 9.59 Å². The first-order chi connectivity index (χ1) is 16.4. The first-order valence-electron chi connectivity index (χ1n) is 11.3. The molecule has 0 aromatic heterocycles. The molecule has 0 bridgehead atoms. The van der Waals surface area contributed by atoms with Crippen molar-refractivity contribution in [1.82, 2.24) is 0 Å². The molecule has 0 unspecified atom stereocenters. The van der Waals surface area contributed by atoms with Gasteiger partial charge >= 0.3 is 0 Å². The number of benzene rings is 3. The summed E-state index contributed by atoms with van der Waals surface area (Å²) in [4.78, 5) is 27.8. The van der Waals surface area contributed by atoms with Crippen LogP contribution in [-0.4, -0.2) is 23.3 Å². The Morgan fingerprint density at radius 2 is 1.91 bits per heavy atom. The maximum atomic E-state index is 13.6. The molecular formula is C28H23ClFNO3. The summed E-state index contributed by atoms with van der Waals surface area (Å²) in [5, 5.41) is 12.1. The Morgan fingerprint density at radius 3 is 2.74 bits per heavy atom. The molecule has 3 aromatic rings. The van der Waals surface area contributed by atoms with Gasteiger partial charge in [0.15, 0.2) is 11.4 Å². The molecule has 4 nitrogen and oxygen atoms in total. The third-order valence-electron chi connectivity index (χ3n) is 6.62. The Bertz CT molecular complexity index is 1330. The van der Waals surface area contributed by atoms with E-state index in [0.29, 0.717) is 29.2 Å². The van der Waals surface area contributed by atoms with Crippen molar-refractivity contribution in [2.45, 2.75) is 31.3 Å². The maximum absolute atomic E-state index is 13.6. The minimum Gasteiger partial charge on any atom is -0.375 e. The third-order valence-corrected chi connectivity index (χ3v) is 6.85. The molecule has 2 aliphatic rings. The van der Waals surface area contributed by atoms with Crippen LogP contribution in [0.15, 0.2) is 72.8 Å². The molecule has 172 valence electrons. The zero-order valence-corrected chi connectivity index (χ0v) is 19.2. The number of anilines is 1. The smallest absolute Gasteiger partial charge is 0.264 e. The van der Waals surface area contributed by atoms with E-state index in [-0.39, 0.29) is 5.56 Å². The van der Waals surface area contributed by atoms with Gasteiger partial charge in [-0.2, -0.15) is 0 Å². The van der Waals surface area contributed by atoms with Crippen LogP contribution in [0.5, 0.6) is 0 Å². The largest absolute Gasteiger partial charge is 0.375 e. The maximum Gasteiger partial charge on any atom is 0.264 e. The molecule has 5 rings (SSSR count).